The molecule has 342 valence electrons. The maximum Gasteiger partial charge on any atom is 0.338 e. The van der Waals surface area contributed by atoms with E-state index in [2.05, 4.69) is 19.6 Å². The number of methoxy groups -OCH3 is 1. The van der Waals surface area contributed by atoms with E-state index in [1.165, 1.54) is 11.4 Å². The second-order valence-electron chi connectivity index (χ2n) is 16.5. The van der Waals surface area contributed by atoms with Crippen molar-refractivity contribution in [1.82, 2.24) is 0 Å². The van der Waals surface area contributed by atoms with E-state index in [4.69, 9.17) is 68.2 Å². The van der Waals surface area contributed by atoms with Crippen LogP contribution in [-0.4, -0.2) is 127 Å². The monoisotopic (exact) mass is 928 g/mol. The van der Waals surface area contributed by atoms with Gasteiger partial charge in [-0.15, -0.1) is 0 Å². The Hall–Kier alpha value is -1.80. The summed E-state index contributed by atoms with van der Waals surface area (Å²) in [5.41, 5.74) is -2.27. The van der Waals surface area contributed by atoms with E-state index in [-0.39, 0.29) is 18.6 Å². The van der Waals surface area contributed by atoms with Crippen molar-refractivity contribution in [3.05, 3.63) is 71.8 Å². The molecule has 0 unspecified atom stereocenters. The van der Waals surface area contributed by atoms with Crippen LogP contribution < -0.4 is 0 Å². The van der Waals surface area contributed by atoms with Crippen LogP contribution in [0.5, 0.6) is 0 Å². The van der Waals surface area contributed by atoms with E-state index in [1.807, 2.05) is 39.8 Å². The Kier molecular flexibility index (Phi) is 19.7. The van der Waals surface area contributed by atoms with Gasteiger partial charge in [-0.2, -0.15) is 0 Å². The van der Waals surface area contributed by atoms with Crippen LogP contribution in [0.15, 0.2) is 60.7 Å². The van der Waals surface area contributed by atoms with E-state index in [0.29, 0.717) is 43.8 Å². The summed E-state index contributed by atoms with van der Waals surface area (Å²) in [5.74, 6) is -1.11. The molecule has 5 rings (SSSR count). The van der Waals surface area contributed by atoms with Crippen molar-refractivity contribution in [2.75, 3.05) is 33.7 Å². The molecule has 0 aliphatic carbocycles. The largest absolute Gasteiger partial charge is 0.455 e. The number of ether oxygens (including phenoxy) is 10. The van der Waals surface area contributed by atoms with Crippen LogP contribution >= 0.6 is 17.1 Å². The fraction of sp³-hybridized carbons (Fsp3) is 0.674. The smallest absolute Gasteiger partial charge is 0.338 e. The molecule has 2 aromatic carbocycles. The lowest BCUT2D eigenvalue weighted by atomic mass is 9.99. The van der Waals surface area contributed by atoms with Gasteiger partial charge < -0.3 is 56.4 Å². The van der Waals surface area contributed by atoms with Gasteiger partial charge in [-0.25, -0.2) is 9.59 Å². The zero-order chi connectivity index (χ0) is 44.2. The molecular formula is C43H65O14PS2Si. The Labute approximate surface area is 371 Å². The minimum atomic E-state index is -2.66. The molecule has 12 atom stereocenters. The van der Waals surface area contributed by atoms with E-state index in [0.717, 1.165) is 6.04 Å². The van der Waals surface area contributed by atoms with Gasteiger partial charge in [0, 0.05) is 41.1 Å². The lowest BCUT2D eigenvalue weighted by molar-refractivity contribution is -0.329. The van der Waals surface area contributed by atoms with Gasteiger partial charge in [0.1, 0.15) is 30.5 Å². The van der Waals surface area contributed by atoms with Crippen molar-refractivity contribution in [3.8, 4) is 0 Å². The second kappa shape index (κ2) is 23.9. The zero-order valence-corrected chi connectivity index (χ0v) is 40.4. The third kappa shape index (κ3) is 15.1. The molecule has 2 aromatic rings. The predicted molar refractivity (Wildman–Crippen MR) is 238 cm³/mol. The Morgan fingerprint density at radius 2 is 1.23 bits per heavy atom. The third-order valence-electron chi connectivity index (χ3n) is 10.5. The van der Waals surface area contributed by atoms with Crippen LogP contribution in [0.2, 0.25) is 25.7 Å². The number of carbonyl (C=O) groups is 2. The molecule has 18 heteroatoms. The molecule has 61 heavy (non-hydrogen) atoms. The van der Waals surface area contributed by atoms with Crippen LogP contribution in [0.25, 0.3) is 0 Å². The molecule has 3 heterocycles. The SMILES string of the molecule is CCOP(=S)(OCC)S[C@H]1C[C@H](OCOCC[Si](C)(C)C)[C@H](O[C@@H]2C[C@@H](OC)[C@H](O[C@H]3C[C@H](OC(=O)c4ccccc4)[C@H](OC(=O)c4ccccc4)[C@@H](C)O3)[C@@H](C)O2)[C@@H](C)O1. The average Bonchev–Trinajstić information content (AvgIpc) is 3.21. The molecule has 0 bridgehead atoms. The molecule has 0 amide bonds. The summed E-state index contributed by atoms with van der Waals surface area (Å²) < 4.78 is 74.8. The van der Waals surface area contributed by atoms with E-state index < -0.39 is 93.2 Å². The summed E-state index contributed by atoms with van der Waals surface area (Å²) in [7, 11) is 0.327. The van der Waals surface area contributed by atoms with Crippen molar-refractivity contribution in [2.45, 2.75) is 153 Å². The van der Waals surface area contributed by atoms with Gasteiger partial charge in [0.25, 0.3) is 0 Å². The lowest BCUT2D eigenvalue weighted by Gasteiger charge is -2.46. The van der Waals surface area contributed by atoms with Gasteiger partial charge in [-0.05, 0) is 88.1 Å². The normalized spacial score (nSPS) is 31.0. The quantitative estimate of drug-likeness (QED) is 0.0388. The minimum absolute atomic E-state index is 0.0881. The average molecular weight is 929 g/mol. The van der Waals surface area contributed by atoms with Crippen molar-refractivity contribution >= 4 is 48.9 Å². The van der Waals surface area contributed by atoms with Crippen LogP contribution in [0, 0.1) is 0 Å². The highest BCUT2D eigenvalue weighted by Gasteiger charge is 2.48. The number of rotatable bonds is 21. The number of hydrogen-bond donors (Lipinski definition) is 0. The van der Waals surface area contributed by atoms with Crippen molar-refractivity contribution in [1.29, 1.82) is 0 Å². The molecule has 14 nitrogen and oxygen atoms in total. The van der Waals surface area contributed by atoms with E-state index >= 15 is 0 Å². The van der Waals surface area contributed by atoms with Crippen LogP contribution in [0.3, 0.4) is 0 Å². The molecule has 0 radical (unpaired) electrons. The highest BCUT2D eigenvalue weighted by Crippen LogP contribution is 2.64. The van der Waals surface area contributed by atoms with E-state index in [1.54, 1.807) is 62.6 Å². The first kappa shape index (κ1) is 50.2. The van der Waals surface area contributed by atoms with Gasteiger partial charge in [-0.1, -0.05) is 56.0 Å². The molecular weight excluding hydrogens is 864 g/mol. The number of esters is 2. The van der Waals surface area contributed by atoms with Gasteiger partial charge in [0.2, 0.25) is 5.69 Å². The van der Waals surface area contributed by atoms with Gasteiger partial charge in [0.05, 0.1) is 54.9 Å². The molecule has 0 N–H and O–H groups in total. The Bertz CT molecular complexity index is 1680. The molecule has 3 saturated heterocycles. The lowest BCUT2D eigenvalue weighted by Crippen LogP contribution is -2.57. The Balaban J connectivity index is 1.26. The summed E-state index contributed by atoms with van der Waals surface area (Å²) in [6, 6.07) is 18.3. The summed E-state index contributed by atoms with van der Waals surface area (Å²) >= 11 is 7.24. The van der Waals surface area contributed by atoms with Crippen molar-refractivity contribution < 1.29 is 66.0 Å². The van der Waals surface area contributed by atoms with Crippen LogP contribution in [0.1, 0.15) is 74.6 Å². The first-order valence-corrected chi connectivity index (χ1v) is 29.0. The fourth-order valence-electron chi connectivity index (χ4n) is 7.34. The van der Waals surface area contributed by atoms with Crippen molar-refractivity contribution in [2.24, 2.45) is 0 Å². The standard InChI is InChI=1S/C43H65O14PS2Si/c1-10-49-58(59,50-11-2)60-38-26-34(48-27-47-22-23-61(7,8)9)40(30(5)53-38)56-36-24-33(46-6)39(28(3)51-36)55-37-25-35(54-42(44)31-18-14-12-15-19-31)41(29(4)52-37)57-43(45)32-20-16-13-17-21-32/h12-21,28-30,33-41H,10-11,22-27H2,1-9H3/t28-,29-,30-,33-,34+,35+,36-,37+,38+,39-,40-,41-/m1/s1. The summed E-state index contributed by atoms with van der Waals surface area (Å²) in [5, 5.41) is 0. The van der Waals surface area contributed by atoms with Gasteiger partial charge in [0.15, 0.2) is 18.7 Å². The minimum Gasteiger partial charge on any atom is -0.455 e. The van der Waals surface area contributed by atoms with Gasteiger partial charge >= 0.3 is 11.9 Å². The molecule has 0 saturated carbocycles. The van der Waals surface area contributed by atoms with Crippen LogP contribution in [-0.2, 0) is 68.2 Å². The number of hydrogen-bond acceptors (Lipinski definition) is 16. The topological polar surface area (TPSA) is 145 Å². The Morgan fingerprint density at radius 1 is 0.721 bits per heavy atom. The molecule has 3 fully saturated rings. The van der Waals surface area contributed by atoms with Gasteiger partial charge in [-0.3, -0.25) is 0 Å². The molecule has 3 aliphatic heterocycles. The summed E-state index contributed by atoms with van der Waals surface area (Å²) in [4.78, 5) is 26.5. The highest BCUT2D eigenvalue weighted by atomic mass is 32.9. The Morgan fingerprint density at radius 3 is 1.77 bits per heavy atom. The predicted octanol–water partition coefficient (Wildman–Crippen LogP) is 8.36. The first-order valence-electron chi connectivity index (χ1n) is 21.2. The van der Waals surface area contributed by atoms with Crippen molar-refractivity contribution in [3.63, 3.8) is 0 Å². The van der Waals surface area contributed by atoms with E-state index in [9.17, 15) is 9.59 Å². The second-order valence-corrected chi connectivity index (χ2v) is 28.4. The summed E-state index contributed by atoms with van der Waals surface area (Å²) in [6.07, 6.45) is -6.06. The van der Waals surface area contributed by atoms with Crippen LogP contribution in [0.4, 0.5) is 0 Å². The molecule has 3 aliphatic rings. The summed E-state index contributed by atoms with van der Waals surface area (Å²) in [6.45, 7) is 17.9. The zero-order valence-electron chi connectivity index (χ0n) is 36.8. The molecule has 0 aromatic heterocycles. The third-order valence-corrected chi connectivity index (χ3v) is 17.7. The maximum atomic E-state index is 13.3. The highest BCUT2D eigenvalue weighted by molar-refractivity contribution is 8.68. The number of benzene rings is 2. The molecule has 0 spiro atoms. The first-order chi connectivity index (χ1) is 29.1. The number of carbonyl (C=O) groups excluding carboxylic acids is 2. The maximum absolute atomic E-state index is 13.3. The fourth-order valence-corrected chi connectivity index (χ4v) is 13.5.